The first-order valence-electron chi connectivity index (χ1n) is 9.31. The topological polar surface area (TPSA) is 56.9 Å². The molecule has 0 saturated carbocycles. The standard InChI is InChI=1S/C23H21N3O2/c1-17-9-11-19(12-10-17)16-26-21-20(8-5-14-24-21)22(27)25(23(26)28)15-13-18-6-3-2-4-7-18/h2-12,14H,13,15-16H2,1H3. The van der Waals surface area contributed by atoms with Crippen molar-refractivity contribution < 1.29 is 0 Å². The van der Waals surface area contributed by atoms with E-state index in [2.05, 4.69) is 4.98 Å². The molecule has 4 aromatic rings. The van der Waals surface area contributed by atoms with Crippen molar-refractivity contribution in [2.75, 3.05) is 0 Å². The number of aryl methyl sites for hydroxylation is 2. The van der Waals surface area contributed by atoms with E-state index in [1.807, 2.05) is 61.5 Å². The van der Waals surface area contributed by atoms with Crippen LogP contribution in [0.3, 0.4) is 0 Å². The summed E-state index contributed by atoms with van der Waals surface area (Å²) in [5.41, 5.74) is 3.05. The molecule has 0 N–H and O–H groups in total. The first kappa shape index (κ1) is 17.9. The third-order valence-electron chi connectivity index (χ3n) is 4.91. The SMILES string of the molecule is Cc1ccc(Cn2c(=O)n(CCc3ccccc3)c(=O)c3cccnc32)cc1. The van der Waals surface area contributed by atoms with Gasteiger partial charge in [-0.15, -0.1) is 0 Å². The maximum atomic E-state index is 13.2. The highest BCUT2D eigenvalue weighted by Gasteiger charge is 2.14. The minimum Gasteiger partial charge on any atom is -0.273 e. The second-order valence-electron chi connectivity index (χ2n) is 6.92. The van der Waals surface area contributed by atoms with Crippen LogP contribution in [0.1, 0.15) is 16.7 Å². The van der Waals surface area contributed by atoms with E-state index >= 15 is 0 Å². The Morgan fingerprint density at radius 2 is 1.57 bits per heavy atom. The van der Waals surface area contributed by atoms with Crippen molar-refractivity contribution in [3.8, 4) is 0 Å². The molecule has 4 rings (SSSR count). The number of pyridine rings is 1. The van der Waals surface area contributed by atoms with Gasteiger partial charge in [-0.25, -0.2) is 9.78 Å². The molecule has 28 heavy (non-hydrogen) atoms. The zero-order valence-corrected chi connectivity index (χ0v) is 15.7. The van der Waals surface area contributed by atoms with Gasteiger partial charge in [-0.3, -0.25) is 13.9 Å². The maximum absolute atomic E-state index is 13.2. The summed E-state index contributed by atoms with van der Waals surface area (Å²) in [5.74, 6) is 0. The molecule has 0 saturated heterocycles. The molecule has 2 heterocycles. The molecule has 0 amide bonds. The summed E-state index contributed by atoms with van der Waals surface area (Å²) in [6, 6.07) is 21.3. The summed E-state index contributed by atoms with van der Waals surface area (Å²) in [4.78, 5) is 30.4. The fraction of sp³-hybridized carbons (Fsp3) is 0.174. The van der Waals surface area contributed by atoms with Crippen molar-refractivity contribution in [1.82, 2.24) is 14.1 Å². The minimum absolute atomic E-state index is 0.288. The van der Waals surface area contributed by atoms with Crippen molar-refractivity contribution in [1.29, 1.82) is 0 Å². The molecular weight excluding hydrogens is 350 g/mol. The highest BCUT2D eigenvalue weighted by atomic mass is 16.2. The molecule has 0 unspecified atom stereocenters. The Kier molecular flexibility index (Phi) is 4.89. The van der Waals surface area contributed by atoms with Gasteiger partial charge in [-0.05, 0) is 36.6 Å². The molecule has 5 heteroatoms. The van der Waals surface area contributed by atoms with Crippen molar-refractivity contribution >= 4 is 11.0 Å². The quantitative estimate of drug-likeness (QED) is 0.541. The van der Waals surface area contributed by atoms with Crippen LogP contribution in [0.15, 0.2) is 82.5 Å². The van der Waals surface area contributed by atoms with Crippen LogP contribution < -0.4 is 11.2 Å². The fourth-order valence-corrected chi connectivity index (χ4v) is 3.35. The summed E-state index contributed by atoms with van der Waals surface area (Å²) in [5, 5.41) is 0.460. The third-order valence-corrected chi connectivity index (χ3v) is 4.91. The van der Waals surface area contributed by atoms with Crippen molar-refractivity contribution in [2.24, 2.45) is 0 Å². The van der Waals surface area contributed by atoms with E-state index in [1.165, 1.54) is 4.57 Å². The van der Waals surface area contributed by atoms with Crippen LogP contribution in [-0.2, 0) is 19.5 Å². The lowest BCUT2D eigenvalue weighted by Gasteiger charge is -2.13. The molecule has 0 atom stereocenters. The van der Waals surface area contributed by atoms with Crippen LogP contribution in [0.25, 0.3) is 11.0 Å². The van der Waals surface area contributed by atoms with E-state index in [9.17, 15) is 9.59 Å². The number of hydrogen-bond acceptors (Lipinski definition) is 3. The maximum Gasteiger partial charge on any atom is 0.332 e. The monoisotopic (exact) mass is 371 g/mol. The summed E-state index contributed by atoms with van der Waals surface area (Å²) in [7, 11) is 0. The lowest BCUT2D eigenvalue weighted by atomic mass is 10.1. The van der Waals surface area contributed by atoms with Crippen LogP contribution >= 0.6 is 0 Å². The molecule has 2 aromatic heterocycles. The highest BCUT2D eigenvalue weighted by molar-refractivity contribution is 5.73. The van der Waals surface area contributed by atoms with Gasteiger partial charge in [0.1, 0.15) is 5.65 Å². The number of benzene rings is 2. The second-order valence-corrected chi connectivity index (χ2v) is 6.92. The Bertz CT molecular complexity index is 1220. The van der Waals surface area contributed by atoms with Gasteiger partial charge in [0.2, 0.25) is 0 Å². The van der Waals surface area contributed by atoms with Crippen LogP contribution in [0.2, 0.25) is 0 Å². The molecule has 0 aliphatic carbocycles. The van der Waals surface area contributed by atoms with E-state index in [0.717, 1.165) is 16.7 Å². The lowest BCUT2D eigenvalue weighted by molar-refractivity contribution is 0.587. The molecule has 140 valence electrons. The van der Waals surface area contributed by atoms with E-state index in [1.54, 1.807) is 22.9 Å². The first-order valence-corrected chi connectivity index (χ1v) is 9.31. The molecule has 0 fully saturated rings. The van der Waals surface area contributed by atoms with Crippen LogP contribution in [0, 0.1) is 6.92 Å². The van der Waals surface area contributed by atoms with Gasteiger partial charge >= 0.3 is 5.69 Å². The van der Waals surface area contributed by atoms with Crippen molar-refractivity contribution in [2.45, 2.75) is 26.4 Å². The van der Waals surface area contributed by atoms with Gasteiger partial charge in [0.05, 0.1) is 11.9 Å². The van der Waals surface area contributed by atoms with Gasteiger partial charge in [-0.2, -0.15) is 0 Å². The Morgan fingerprint density at radius 3 is 2.32 bits per heavy atom. The van der Waals surface area contributed by atoms with Crippen molar-refractivity contribution in [3.05, 3.63) is 110 Å². The fourth-order valence-electron chi connectivity index (χ4n) is 3.35. The van der Waals surface area contributed by atoms with Gasteiger partial charge in [0.15, 0.2) is 0 Å². The number of aromatic nitrogens is 3. The molecule has 0 bridgehead atoms. The number of nitrogens with zero attached hydrogens (tertiary/aromatic N) is 3. The van der Waals surface area contributed by atoms with Gasteiger partial charge in [0, 0.05) is 12.7 Å². The van der Waals surface area contributed by atoms with E-state index in [-0.39, 0.29) is 11.2 Å². The molecule has 0 aliphatic heterocycles. The van der Waals surface area contributed by atoms with Crippen LogP contribution in [0.4, 0.5) is 0 Å². The van der Waals surface area contributed by atoms with E-state index in [0.29, 0.717) is 30.5 Å². The summed E-state index contributed by atoms with van der Waals surface area (Å²) in [6.07, 6.45) is 2.23. The number of rotatable bonds is 5. The highest BCUT2D eigenvalue weighted by Crippen LogP contribution is 2.09. The number of hydrogen-bond donors (Lipinski definition) is 0. The largest absolute Gasteiger partial charge is 0.332 e. The van der Waals surface area contributed by atoms with Crippen LogP contribution in [-0.4, -0.2) is 14.1 Å². The predicted molar refractivity (Wildman–Crippen MR) is 111 cm³/mol. The first-order chi connectivity index (χ1) is 13.6. The molecular formula is C23H21N3O2. The zero-order valence-electron chi connectivity index (χ0n) is 15.7. The summed E-state index contributed by atoms with van der Waals surface area (Å²) in [6.45, 7) is 2.73. The van der Waals surface area contributed by atoms with Gasteiger partial charge in [0.25, 0.3) is 5.56 Å². The number of fused-ring (bicyclic) bond motifs is 1. The molecule has 0 spiro atoms. The van der Waals surface area contributed by atoms with Gasteiger partial charge < -0.3 is 0 Å². The van der Waals surface area contributed by atoms with Crippen LogP contribution in [0.5, 0.6) is 0 Å². The Balaban J connectivity index is 1.80. The molecule has 0 aliphatic rings. The molecule has 2 aromatic carbocycles. The van der Waals surface area contributed by atoms with E-state index < -0.39 is 0 Å². The lowest BCUT2D eigenvalue weighted by Crippen LogP contribution is -2.41. The zero-order chi connectivity index (χ0) is 19.5. The predicted octanol–water partition coefficient (Wildman–Crippen LogP) is 3.16. The second kappa shape index (κ2) is 7.64. The molecule has 0 radical (unpaired) electrons. The third kappa shape index (κ3) is 3.51. The molecule has 5 nitrogen and oxygen atoms in total. The summed E-state index contributed by atoms with van der Waals surface area (Å²) < 4.78 is 2.91. The average Bonchev–Trinajstić information content (AvgIpc) is 2.73. The smallest absolute Gasteiger partial charge is 0.273 e. The van der Waals surface area contributed by atoms with Crippen molar-refractivity contribution in [3.63, 3.8) is 0 Å². The Labute approximate surface area is 162 Å². The Morgan fingerprint density at radius 1 is 0.821 bits per heavy atom. The van der Waals surface area contributed by atoms with E-state index in [4.69, 9.17) is 0 Å². The Hall–Kier alpha value is -3.47. The average molecular weight is 371 g/mol. The minimum atomic E-state index is -0.326. The summed E-state index contributed by atoms with van der Waals surface area (Å²) >= 11 is 0. The van der Waals surface area contributed by atoms with Gasteiger partial charge in [-0.1, -0.05) is 60.2 Å². The normalized spacial score (nSPS) is 11.0.